The third-order valence-corrected chi connectivity index (χ3v) is 3.62. The lowest BCUT2D eigenvalue weighted by atomic mass is 10.2. The molecule has 0 unspecified atom stereocenters. The Labute approximate surface area is 152 Å². The summed E-state index contributed by atoms with van der Waals surface area (Å²) in [5.41, 5.74) is 2.95. The molecule has 2 N–H and O–H groups in total. The highest BCUT2D eigenvalue weighted by atomic mass is 79.9. The zero-order chi connectivity index (χ0) is 18.4. The number of hydrogen-bond acceptors (Lipinski definition) is 6. The highest BCUT2D eigenvalue weighted by Crippen LogP contribution is 2.36. The van der Waals surface area contributed by atoms with Crippen LogP contribution in [0.1, 0.15) is 28.7 Å². The first-order valence-corrected chi connectivity index (χ1v) is 8.15. The summed E-state index contributed by atoms with van der Waals surface area (Å²) in [4.78, 5) is 29.3. The maximum Gasteiger partial charge on any atom is 0.345 e. The van der Waals surface area contributed by atoms with Crippen LogP contribution in [-0.2, 0) is 0 Å². The first kappa shape index (κ1) is 18.7. The minimum Gasteiger partial charge on any atom is -0.493 e. The topological polar surface area (TPSA) is 106 Å². The lowest BCUT2D eigenvalue weighted by molar-refractivity contribution is 0.0949. The normalized spacial score (nSPS) is 10.7. The summed E-state index contributed by atoms with van der Waals surface area (Å²) in [6.07, 6.45) is 1.45. The molecule has 1 amide bonds. The molecule has 25 heavy (non-hydrogen) atoms. The summed E-state index contributed by atoms with van der Waals surface area (Å²) in [5.74, 6) is 0.549. The van der Waals surface area contributed by atoms with E-state index in [-0.39, 0.29) is 5.69 Å². The Hall–Kier alpha value is -2.68. The van der Waals surface area contributed by atoms with Crippen LogP contribution < -0.4 is 20.6 Å². The molecule has 8 nitrogen and oxygen atoms in total. The molecule has 1 aromatic heterocycles. The van der Waals surface area contributed by atoms with Gasteiger partial charge in [-0.15, -0.1) is 0 Å². The van der Waals surface area contributed by atoms with E-state index in [1.807, 2.05) is 6.92 Å². The number of methoxy groups -OCH3 is 1. The highest BCUT2D eigenvalue weighted by Gasteiger charge is 2.11. The van der Waals surface area contributed by atoms with E-state index in [4.69, 9.17) is 9.47 Å². The molecular weight excluding hydrogens is 392 g/mol. The maximum atomic E-state index is 12.0. The average Bonchev–Trinajstić information content (AvgIpc) is 2.56. The number of aryl methyl sites for hydroxylation is 1. The van der Waals surface area contributed by atoms with Crippen LogP contribution in [0.3, 0.4) is 0 Å². The lowest BCUT2D eigenvalue weighted by Crippen LogP contribution is -2.24. The predicted molar refractivity (Wildman–Crippen MR) is 96.5 cm³/mol. The van der Waals surface area contributed by atoms with Crippen LogP contribution in [0.4, 0.5) is 0 Å². The Morgan fingerprint density at radius 3 is 2.84 bits per heavy atom. The molecule has 0 aliphatic carbocycles. The number of hydrogen-bond donors (Lipinski definition) is 2. The lowest BCUT2D eigenvalue weighted by Gasteiger charge is -2.11. The smallest absolute Gasteiger partial charge is 0.345 e. The van der Waals surface area contributed by atoms with Crippen molar-refractivity contribution in [3.05, 3.63) is 50.1 Å². The molecule has 2 rings (SSSR count). The molecule has 9 heteroatoms. The molecule has 1 heterocycles. The highest BCUT2D eigenvalue weighted by molar-refractivity contribution is 9.10. The number of H-pyrrole nitrogens is 1. The van der Waals surface area contributed by atoms with E-state index in [9.17, 15) is 9.59 Å². The second-order valence-corrected chi connectivity index (χ2v) is 5.78. The molecule has 0 atom stereocenters. The summed E-state index contributed by atoms with van der Waals surface area (Å²) in [5, 5.41) is 3.88. The van der Waals surface area contributed by atoms with Crippen LogP contribution in [0.15, 0.2) is 32.6 Å². The van der Waals surface area contributed by atoms with Gasteiger partial charge in [-0.1, -0.05) is 0 Å². The van der Waals surface area contributed by atoms with Crippen molar-refractivity contribution in [3.63, 3.8) is 0 Å². The fourth-order valence-corrected chi connectivity index (χ4v) is 2.59. The van der Waals surface area contributed by atoms with Crippen molar-refractivity contribution in [2.75, 3.05) is 13.7 Å². The van der Waals surface area contributed by atoms with Gasteiger partial charge in [0.2, 0.25) is 0 Å². The molecule has 132 valence electrons. The number of carbonyl (C=O) groups excluding carboxylic acids is 1. The van der Waals surface area contributed by atoms with Gasteiger partial charge in [0.05, 0.1) is 24.4 Å². The van der Waals surface area contributed by atoms with Gasteiger partial charge in [-0.3, -0.25) is 4.79 Å². The van der Waals surface area contributed by atoms with E-state index < -0.39 is 11.6 Å². The number of aromatic nitrogens is 2. The summed E-state index contributed by atoms with van der Waals surface area (Å²) in [6, 6.07) is 4.96. The van der Waals surface area contributed by atoms with Gasteiger partial charge in [-0.2, -0.15) is 10.1 Å². The van der Waals surface area contributed by atoms with Crippen LogP contribution in [-0.4, -0.2) is 35.8 Å². The Morgan fingerprint density at radius 1 is 1.44 bits per heavy atom. The Balaban J connectivity index is 2.15. The van der Waals surface area contributed by atoms with Gasteiger partial charge in [0.15, 0.2) is 11.5 Å². The standard InChI is InChI=1S/C16H17BrN4O4/c1-4-25-14-11(17)6-10(7-13(14)24-3)8-18-21-15(22)12-5-9(2)19-16(23)20-12/h5-8H,4H2,1-3H3,(H,21,22)(H,19,20,23)/b18-8+. The van der Waals surface area contributed by atoms with Crippen LogP contribution in [0, 0.1) is 6.92 Å². The van der Waals surface area contributed by atoms with Gasteiger partial charge in [0.25, 0.3) is 5.91 Å². The summed E-state index contributed by atoms with van der Waals surface area (Å²) >= 11 is 3.41. The summed E-state index contributed by atoms with van der Waals surface area (Å²) in [7, 11) is 1.54. The molecule has 0 saturated carbocycles. The molecular formula is C16H17BrN4O4. The van der Waals surface area contributed by atoms with E-state index in [1.165, 1.54) is 19.4 Å². The SMILES string of the molecule is CCOc1c(Br)cc(/C=N/NC(=O)c2cc(C)[nH]c(=O)n2)cc1OC. The fourth-order valence-electron chi connectivity index (χ4n) is 2.02. The van der Waals surface area contributed by atoms with Crippen molar-refractivity contribution in [2.45, 2.75) is 13.8 Å². The van der Waals surface area contributed by atoms with Crippen LogP contribution in [0.5, 0.6) is 11.5 Å². The van der Waals surface area contributed by atoms with E-state index in [2.05, 4.69) is 36.4 Å². The Morgan fingerprint density at radius 2 is 2.20 bits per heavy atom. The molecule has 0 spiro atoms. The van der Waals surface area contributed by atoms with E-state index in [0.29, 0.717) is 33.8 Å². The van der Waals surface area contributed by atoms with Gasteiger partial charge in [-0.05, 0) is 53.5 Å². The third-order valence-electron chi connectivity index (χ3n) is 3.03. The number of nitrogens with zero attached hydrogens (tertiary/aromatic N) is 2. The first-order chi connectivity index (χ1) is 11.9. The van der Waals surface area contributed by atoms with Crippen molar-refractivity contribution in [3.8, 4) is 11.5 Å². The summed E-state index contributed by atoms with van der Waals surface area (Å²) in [6.45, 7) is 4.04. The molecule has 0 saturated heterocycles. The zero-order valence-corrected chi connectivity index (χ0v) is 15.5. The molecule has 0 aliphatic heterocycles. The van der Waals surface area contributed by atoms with Crippen molar-refractivity contribution in [2.24, 2.45) is 5.10 Å². The molecule has 0 radical (unpaired) electrons. The number of amides is 1. The molecule has 1 aromatic carbocycles. The van der Waals surface area contributed by atoms with Crippen LogP contribution in [0.2, 0.25) is 0 Å². The van der Waals surface area contributed by atoms with E-state index >= 15 is 0 Å². The van der Waals surface area contributed by atoms with Crippen LogP contribution in [0.25, 0.3) is 0 Å². The number of aromatic amines is 1. The number of nitrogens with one attached hydrogen (secondary N) is 2. The zero-order valence-electron chi connectivity index (χ0n) is 13.9. The van der Waals surface area contributed by atoms with Crippen LogP contribution >= 0.6 is 15.9 Å². The van der Waals surface area contributed by atoms with Crippen molar-refractivity contribution in [1.82, 2.24) is 15.4 Å². The van der Waals surface area contributed by atoms with Crippen molar-refractivity contribution in [1.29, 1.82) is 0 Å². The second kappa shape index (κ2) is 8.43. The minimum absolute atomic E-state index is 0.0103. The average molecular weight is 409 g/mol. The fraction of sp³-hybridized carbons (Fsp3) is 0.250. The largest absolute Gasteiger partial charge is 0.493 e. The minimum atomic E-state index is -0.589. The number of carbonyl (C=O) groups is 1. The predicted octanol–water partition coefficient (Wildman–Crippen LogP) is 2.01. The number of rotatable bonds is 6. The molecule has 0 aliphatic rings. The first-order valence-electron chi connectivity index (χ1n) is 7.36. The second-order valence-electron chi connectivity index (χ2n) is 4.92. The number of hydrazone groups is 1. The molecule has 0 bridgehead atoms. The quantitative estimate of drug-likeness (QED) is 0.561. The number of ether oxygens (including phenoxy) is 2. The van der Waals surface area contributed by atoms with Crippen molar-refractivity contribution < 1.29 is 14.3 Å². The van der Waals surface area contributed by atoms with Gasteiger partial charge >= 0.3 is 5.69 Å². The van der Waals surface area contributed by atoms with Crippen molar-refractivity contribution >= 4 is 28.1 Å². The van der Waals surface area contributed by atoms with Gasteiger partial charge < -0.3 is 14.5 Å². The molecule has 2 aromatic rings. The van der Waals surface area contributed by atoms with Gasteiger partial charge in [-0.25, -0.2) is 10.2 Å². The van der Waals surface area contributed by atoms with E-state index in [1.54, 1.807) is 19.1 Å². The Kier molecular flexibility index (Phi) is 6.29. The molecule has 0 fully saturated rings. The van der Waals surface area contributed by atoms with Gasteiger partial charge in [0, 0.05) is 5.69 Å². The summed E-state index contributed by atoms with van der Waals surface area (Å²) < 4.78 is 11.5. The van der Waals surface area contributed by atoms with E-state index in [0.717, 1.165) is 0 Å². The number of halogens is 1. The third kappa shape index (κ3) is 4.90. The Bertz CT molecular complexity index is 864. The monoisotopic (exact) mass is 408 g/mol. The number of benzene rings is 1. The maximum absolute atomic E-state index is 12.0. The van der Waals surface area contributed by atoms with Gasteiger partial charge in [0.1, 0.15) is 5.69 Å².